The molecule has 1 aromatic carbocycles. The van der Waals surface area contributed by atoms with Crippen molar-refractivity contribution in [3.63, 3.8) is 0 Å². The lowest BCUT2D eigenvalue weighted by Gasteiger charge is -2.21. The second-order valence-electron chi connectivity index (χ2n) is 7.26. The number of pyridine rings is 1. The Kier molecular flexibility index (Phi) is 4.93. The molecule has 0 aliphatic heterocycles. The Hall–Kier alpha value is -2.67. The average molecular weight is 398 g/mol. The van der Waals surface area contributed by atoms with Gasteiger partial charge in [-0.15, -0.1) is 0 Å². The van der Waals surface area contributed by atoms with Gasteiger partial charge in [0.25, 0.3) is 0 Å². The molecular formula is C21H22N2O4S. The molecule has 6 nitrogen and oxygen atoms in total. The van der Waals surface area contributed by atoms with Crippen molar-refractivity contribution in [3.05, 3.63) is 59.9 Å². The minimum Gasteiger partial charge on any atom is -0.422 e. The number of carbonyl (C=O) groups is 1. The van der Waals surface area contributed by atoms with Crippen LogP contribution in [0.25, 0.3) is 5.52 Å². The van der Waals surface area contributed by atoms with Crippen molar-refractivity contribution in [2.45, 2.75) is 43.2 Å². The van der Waals surface area contributed by atoms with Crippen LogP contribution in [0.15, 0.2) is 53.8 Å². The van der Waals surface area contributed by atoms with E-state index in [0.717, 1.165) is 6.26 Å². The number of rotatable bonds is 4. The Morgan fingerprint density at radius 2 is 1.79 bits per heavy atom. The van der Waals surface area contributed by atoms with Crippen LogP contribution in [0, 0.1) is 0 Å². The summed E-state index contributed by atoms with van der Waals surface area (Å²) in [6.07, 6.45) is 8.86. The third-order valence-electron chi connectivity index (χ3n) is 5.21. The average Bonchev–Trinajstić information content (AvgIpc) is 3.10. The number of ether oxygens (including phenoxy) is 1. The number of esters is 1. The number of benzene rings is 1. The van der Waals surface area contributed by atoms with Gasteiger partial charge in [0.05, 0.1) is 5.52 Å². The van der Waals surface area contributed by atoms with E-state index >= 15 is 0 Å². The van der Waals surface area contributed by atoms with Crippen LogP contribution in [-0.4, -0.2) is 30.0 Å². The van der Waals surface area contributed by atoms with Gasteiger partial charge in [0.15, 0.2) is 5.69 Å². The summed E-state index contributed by atoms with van der Waals surface area (Å²) in [6, 6.07) is 12.6. The van der Waals surface area contributed by atoms with Crippen LogP contribution in [-0.2, 0) is 9.84 Å². The Labute approximate surface area is 164 Å². The van der Waals surface area contributed by atoms with Gasteiger partial charge in [-0.25, -0.2) is 18.2 Å². The van der Waals surface area contributed by atoms with Gasteiger partial charge in [0, 0.05) is 12.5 Å². The number of fused-ring (bicyclic) bond motifs is 1. The molecule has 1 aliphatic carbocycles. The van der Waals surface area contributed by atoms with Crippen molar-refractivity contribution in [1.29, 1.82) is 0 Å². The SMILES string of the molecule is CS(=O)(=O)c1nc(C(=O)Oc2ccc(C3CCCCC3)cc2)c2ccccn12. The highest BCUT2D eigenvalue weighted by molar-refractivity contribution is 7.90. The number of hydrogen-bond donors (Lipinski definition) is 0. The lowest BCUT2D eigenvalue weighted by molar-refractivity contribution is 0.0731. The van der Waals surface area contributed by atoms with E-state index in [2.05, 4.69) is 4.98 Å². The van der Waals surface area contributed by atoms with E-state index in [1.165, 1.54) is 42.1 Å². The maximum Gasteiger partial charge on any atom is 0.364 e. The first kappa shape index (κ1) is 18.7. The van der Waals surface area contributed by atoms with E-state index in [9.17, 15) is 13.2 Å². The van der Waals surface area contributed by atoms with Crippen LogP contribution in [0.2, 0.25) is 0 Å². The van der Waals surface area contributed by atoms with Gasteiger partial charge in [-0.3, -0.25) is 4.40 Å². The fraction of sp³-hybridized carbons (Fsp3) is 0.333. The van der Waals surface area contributed by atoms with Gasteiger partial charge in [-0.2, -0.15) is 0 Å². The zero-order chi connectivity index (χ0) is 19.7. The van der Waals surface area contributed by atoms with E-state index < -0.39 is 15.8 Å². The lowest BCUT2D eigenvalue weighted by Crippen LogP contribution is -2.10. The Morgan fingerprint density at radius 3 is 2.46 bits per heavy atom. The monoisotopic (exact) mass is 398 g/mol. The van der Waals surface area contributed by atoms with Gasteiger partial charge in [-0.1, -0.05) is 37.5 Å². The Morgan fingerprint density at radius 1 is 1.07 bits per heavy atom. The number of imidazole rings is 1. The van der Waals surface area contributed by atoms with Crippen molar-refractivity contribution in [1.82, 2.24) is 9.38 Å². The number of aromatic nitrogens is 2. The Bertz CT molecular complexity index is 1110. The molecule has 0 radical (unpaired) electrons. The fourth-order valence-corrected chi connectivity index (χ4v) is 4.59. The minimum atomic E-state index is -3.59. The molecule has 1 aliphatic rings. The van der Waals surface area contributed by atoms with Crippen molar-refractivity contribution < 1.29 is 17.9 Å². The standard InChI is InChI=1S/C21H22N2O4S/c1-28(25,26)21-22-19(18-9-5-6-14-23(18)21)20(24)27-17-12-10-16(11-13-17)15-7-3-2-4-8-15/h5-6,9-15H,2-4,7-8H2,1H3. The highest BCUT2D eigenvalue weighted by Gasteiger charge is 2.24. The predicted molar refractivity (Wildman–Crippen MR) is 106 cm³/mol. The van der Waals surface area contributed by atoms with E-state index in [-0.39, 0.29) is 10.9 Å². The second kappa shape index (κ2) is 7.39. The minimum absolute atomic E-state index is 0.0163. The van der Waals surface area contributed by atoms with E-state index in [0.29, 0.717) is 17.2 Å². The maximum absolute atomic E-state index is 12.7. The maximum atomic E-state index is 12.7. The van der Waals surface area contributed by atoms with Gasteiger partial charge < -0.3 is 4.74 Å². The van der Waals surface area contributed by atoms with Crippen LogP contribution in [0.1, 0.15) is 54.1 Å². The molecule has 2 heterocycles. The third-order valence-corrected chi connectivity index (χ3v) is 6.16. The van der Waals surface area contributed by atoms with Crippen LogP contribution in [0.4, 0.5) is 0 Å². The van der Waals surface area contributed by atoms with Crippen LogP contribution >= 0.6 is 0 Å². The summed E-state index contributed by atoms with van der Waals surface area (Å²) in [5.74, 6) is 0.319. The van der Waals surface area contributed by atoms with E-state index in [1.54, 1.807) is 36.5 Å². The summed E-state index contributed by atoms with van der Waals surface area (Å²) in [5.41, 5.74) is 1.65. The predicted octanol–water partition coefficient (Wildman–Crippen LogP) is 4.00. The quantitative estimate of drug-likeness (QED) is 0.490. The van der Waals surface area contributed by atoms with E-state index in [1.807, 2.05) is 12.1 Å². The third kappa shape index (κ3) is 3.67. The molecular weight excluding hydrogens is 376 g/mol. The van der Waals surface area contributed by atoms with Gasteiger partial charge >= 0.3 is 5.97 Å². The molecule has 0 unspecified atom stereocenters. The highest BCUT2D eigenvalue weighted by Crippen LogP contribution is 2.33. The first-order chi connectivity index (χ1) is 13.4. The Balaban J connectivity index is 1.59. The van der Waals surface area contributed by atoms with Crippen LogP contribution < -0.4 is 4.74 Å². The number of nitrogens with zero attached hydrogens (tertiary/aromatic N) is 2. The zero-order valence-electron chi connectivity index (χ0n) is 15.7. The van der Waals surface area contributed by atoms with E-state index in [4.69, 9.17) is 4.74 Å². The molecule has 146 valence electrons. The summed E-state index contributed by atoms with van der Waals surface area (Å²) >= 11 is 0. The zero-order valence-corrected chi connectivity index (χ0v) is 16.5. The van der Waals surface area contributed by atoms with Gasteiger partial charge in [-0.05, 0) is 48.6 Å². The number of hydrogen-bond acceptors (Lipinski definition) is 5. The molecule has 0 bridgehead atoms. The molecule has 28 heavy (non-hydrogen) atoms. The normalized spacial score (nSPS) is 15.6. The molecule has 1 saturated carbocycles. The molecule has 1 fully saturated rings. The van der Waals surface area contributed by atoms with Crippen LogP contribution in [0.5, 0.6) is 5.75 Å². The molecule has 2 aromatic heterocycles. The second-order valence-corrected chi connectivity index (χ2v) is 9.17. The van der Waals surface area contributed by atoms with Crippen molar-refractivity contribution in [3.8, 4) is 5.75 Å². The van der Waals surface area contributed by atoms with Crippen molar-refractivity contribution in [2.24, 2.45) is 0 Å². The molecule has 0 spiro atoms. The summed E-state index contributed by atoms with van der Waals surface area (Å²) in [7, 11) is -3.59. The molecule has 3 aromatic rings. The highest BCUT2D eigenvalue weighted by atomic mass is 32.2. The topological polar surface area (TPSA) is 77.7 Å². The molecule has 0 amide bonds. The smallest absolute Gasteiger partial charge is 0.364 e. The molecule has 0 atom stereocenters. The summed E-state index contributed by atoms with van der Waals surface area (Å²) in [4.78, 5) is 16.7. The van der Waals surface area contributed by atoms with Crippen molar-refractivity contribution >= 4 is 21.3 Å². The number of carbonyl (C=O) groups excluding carboxylic acids is 1. The first-order valence-electron chi connectivity index (χ1n) is 9.43. The molecule has 4 rings (SSSR count). The van der Waals surface area contributed by atoms with Crippen LogP contribution in [0.3, 0.4) is 0 Å². The largest absolute Gasteiger partial charge is 0.422 e. The summed E-state index contributed by atoms with van der Waals surface area (Å²) in [5, 5.41) is -0.178. The summed E-state index contributed by atoms with van der Waals surface area (Å²) in [6.45, 7) is 0. The van der Waals surface area contributed by atoms with Gasteiger partial charge in [0.2, 0.25) is 15.0 Å². The van der Waals surface area contributed by atoms with Crippen molar-refractivity contribution in [2.75, 3.05) is 6.26 Å². The molecule has 7 heteroatoms. The first-order valence-corrected chi connectivity index (χ1v) is 11.3. The van der Waals surface area contributed by atoms with Gasteiger partial charge in [0.1, 0.15) is 5.75 Å². The molecule has 0 N–H and O–H groups in total. The number of sulfone groups is 1. The lowest BCUT2D eigenvalue weighted by atomic mass is 9.84. The summed E-state index contributed by atoms with van der Waals surface area (Å²) < 4.78 is 30.8. The fourth-order valence-electron chi connectivity index (χ4n) is 3.82. The molecule has 0 saturated heterocycles.